The highest BCUT2D eigenvalue weighted by Gasteiger charge is 2.41. The first-order valence-corrected chi connectivity index (χ1v) is 11.2. The average Bonchev–Trinajstić information content (AvgIpc) is 3.17. The van der Waals surface area contributed by atoms with Gasteiger partial charge in [0.25, 0.3) is 0 Å². The van der Waals surface area contributed by atoms with E-state index in [1.807, 2.05) is 18.5 Å². The van der Waals surface area contributed by atoms with Crippen molar-refractivity contribution in [3.8, 4) is 0 Å². The van der Waals surface area contributed by atoms with E-state index >= 15 is 0 Å². The van der Waals surface area contributed by atoms with Crippen molar-refractivity contribution < 1.29 is 23.4 Å². The third-order valence-corrected chi connectivity index (χ3v) is 6.12. The van der Waals surface area contributed by atoms with Crippen LogP contribution in [-0.2, 0) is 45.2 Å². The lowest BCUT2D eigenvalue weighted by atomic mass is 9.89. The summed E-state index contributed by atoms with van der Waals surface area (Å²) < 4.78 is 33.2. The molecule has 1 amide bonds. The lowest BCUT2D eigenvalue weighted by Gasteiger charge is -2.43. The van der Waals surface area contributed by atoms with E-state index in [0.717, 1.165) is 11.4 Å². The molecular formula is C23H31FN4O4. The van der Waals surface area contributed by atoms with Gasteiger partial charge in [-0.3, -0.25) is 4.79 Å². The van der Waals surface area contributed by atoms with Gasteiger partial charge in [0.15, 0.2) is 0 Å². The number of amides is 1. The molecule has 0 N–H and O–H groups in total. The molecule has 9 heteroatoms. The number of aromatic nitrogens is 3. The molecular weight excluding hydrogens is 415 g/mol. The van der Waals surface area contributed by atoms with Crippen molar-refractivity contribution in [2.75, 3.05) is 26.3 Å². The highest BCUT2D eigenvalue weighted by molar-refractivity contribution is 5.79. The minimum atomic E-state index is -0.349. The van der Waals surface area contributed by atoms with E-state index < -0.39 is 0 Å². The van der Waals surface area contributed by atoms with Gasteiger partial charge in [0.2, 0.25) is 5.91 Å². The second-order valence-electron chi connectivity index (χ2n) is 8.73. The van der Waals surface area contributed by atoms with Crippen LogP contribution in [0.1, 0.15) is 43.6 Å². The van der Waals surface area contributed by atoms with Crippen molar-refractivity contribution >= 4 is 5.91 Å². The Kier molecular flexibility index (Phi) is 7.17. The second kappa shape index (κ2) is 10.1. The van der Waals surface area contributed by atoms with Crippen LogP contribution in [0.15, 0.2) is 24.3 Å². The SMILES string of the molecule is CC(C)OCCOCc1nnn2c1COC1(CCN(C(=O)Cc3ccccc3F)CC1)C2. The van der Waals surface area contributed by atoms with Crippen LogP contribution in [0.25, 0.3) is 0 Å². The van der Waals surface area contributed by atoms with Gasteiger partial charge < -0.3 is 19.1 Å². The fourth-order valence-electron chi connectivity index (χ4n) is 4.20. The number of carbonyl (C=O) groups excluding carboxylic acids is 1. The second-order valence-corrected chi connectivity index (χ2v) is 8.73. The smallest absolute Gasteiger partial charge is 0.227 e. The molecule has 1 aromatic heterocycles. The Bertz CT molecular complexity index is 924. The molecule has 32 heavy (non-hydrogen) atoms. The zero-order valence-corrected chi connectivity index (χ0v) is 18.8. The molecule has 0 saturated carbocycles. The Morgan fingerprint density at radius 2 is 2.03 bits per heavy atom. The predicted octanol–water partition coefficient (Wildman–Crippen LogP) is 2.49. The Balaban J connectivity index is 1.27. The highest BCUT2D eigenvalue weighted by Crippen LogP contribution is 2.33. The molecule has 2 aliphatic heterocycles. The first-order chi connectivity index (χ1) is 15.5. The number of ether oxygens (including phenoxy) is 3. The van der Waals surface area contributed by atoms with Gasteiger partial charge in [0.1, 0.15) is 11.5 Å². The molecule has 0 bridgehead atoms. The summed E-state index contributed by atoms with van der Waals surface area (Å²) in [6.45, 7) is 7.63. The Hall–Kier alpha value is -2.36. The third-order valence-electron chi connectivity index (χ3n) is 6.12. The van der Waals surface area contributed by atoms with Crippen LogP contribution < -0.4 is 0 Å². The third kappa shape index (κ3) is 5.33. The molecule has 2 aromatic rings. The summed E-state index contributed by atoms with van der Waals surface area (Å²) in [6, 6.07) is 6.43. The van der Waals surface area contributed by atoms with E-state index in [1.165, 1.54) is 6.07 Å². The normalized spacial score (nSPS) is 17.7. The molecule has 2 aliphatic rings. The van der Waals surface area contributed by atoms with Crippen molar-refractivity contribution in [3.63, 3.8) is 0 Å². The van der Waals surface area contributed by atoms with E-state index in [0.29, 0.717) is 64.5 Å². The molecule has 0 unspecified atom stereocenters. The Morgan fingerprint density at radius 3 is 2.78 bits per heavy atom. The molecule has 0 atom stereocenters. The fourth-order valence-corrected chi connectivity index (χ4v) is 4.20. The van der Waals surface area contributed by atoms with Crippen LogP contribution >= 0.6 is 0 Å². The van der Waals surface area contributed by atoms with Crippen LogP contribution in [0.3, 0.4) is 0 Å². The van der Waals surface area contributed by atoms with Gasteiger partial charge in [-0.15, -0.1) is 5.10 Å². The zero-order chi connectivity index (χ0) is 22.6. The number of halogens is 1. The van der Waals surface area contributed by atoms with Crippen molar-refractivity contribution in [1.29, 1.82) is 0 Å². The van der Waals surface area contributed by atoms with E-state index in [-0.39, 0.29) is 29.9 Å². The Labute approximate surface area is 187 Å². The molecule has 4 rings (SSSR count). The number of carbonyl (C=O) groups is 1. The highest BCUT2D eigenvalue weighted by atomic mass is 19.1. The summed E-state index contributed by atoms with van der Waals surface area (Å²) in [5, 5.41) is 8.58. The van der Waals surface area contributed by atoms with Gasteiger partial charge in [0, 0.05) is 13.1 Å². The van der Waals surface area contributed by atoms with Crippen molar-refractivity contribution in [2.24, 2.45) is 0 Å². The number of fused-ring (bicyclic) bond motifs is 1. The summed E-state index contributed by atoms with van der Waals surface area (Å²) in [6.07, 6.45) is 1.70. The summed E-state index contributed by atoms with van der Waals surface area (Å²) in [4.78, 5) is 14.4. The van der Waals surface area contributed by atoms with Gasteiger partial charge in [-0.1, -0.05) is 23.4 Å². The summed E-state index contributed by atoms with van der Waals surface area (Å²) >= 11 is 0. The number of piperidine rings is 1. The number of nitrogens with zero attached hydrogens (tertiary/aromatic N) is 4. The van der Waals surface area contributed by atoms with E-state index in [2.05, 4.69) is 10.3 Å². The quantitative estimate of drug-likeness (QED) is 0.580. The van der Waals surface area contributed by atoms with Gasteiger partial charge in [-0.05, 0) is 38.3 Å². The maximum Gasteiger partial charge on any atom is 0.227 e. The van der Waals surface area contributed by atoms with E-state index in [4.69, 9.17) is 14.2 Å². The average molecular weight is 447 g/mol. The van der Waals surface area contributed by atoms with E-state index in [1.54, 1.807) is 23.1 Å². The number of hydrogen-bond acceptors (Lipinski definition) is 6. The van der Waals surface area contributed by atoms with Crippen molar-refractivity contribution in [3.05, 3.63) is 47.0 Å². The molecule has 8 nitrogen and oxygen atoms in total. The standard InChI is InChI=1S/C23H31FN4O4/c1-17(2)31-12-11-30-14-20-21-15-32-23(16-28(21)26-25-20)7-9-27(10-8-23)22(29)13-18-5-3-4-6-19(18)24/h3-6,17H,7-16H2,1-2H3. The van der Waals surface area contributed by atoms with Crippen LogP contribution in [0, 0.1) is 5.82 Å². The molecule has 0 aliphatic carbocycles. The summed E-state index contributed by atoms with van der Waals surface area (Å²) in [5.41, 5.74) is 1.82. The van der Waals surface area contributed by atoms with Crippen molar-refractivity contribution in [1.82, 2.24) is 19.9 Å². The minimum Gasteiger partial charge on any atom is -0.376 e. The first-order valence-electron chi connectivity index (χ1n) is 11.2. The topological polar surface area (TPSA) is 78.7 Å². The number of likely N-dealkylation sites (tertiary alicyclic amines) is 1. The van der Waals surface area contributed by atoms with Gasteiger partial charge in [-0.2, -0.15) is 0 Å². The van der Waals surface area contributed by atoms with Crippen molar-refractivity contribution in [2.45, 2.75) is 64.6 Å². The molecule has 1 saturated heterocycles. The van der Waals surface area contributed by atoms with Gasteiger partial charge in [-0.25, -0.2) is 9.07 Å². The number of hydrogen-bond donors (Lipinski definition) is 0. The minimum absolute atomic E-state index is 0.0527. The zero-order valence-electron chi connectivity index (χ0n) is 18.8. The van der Waals surface area contributed by atoms with Crippen LogP contribution in [-0.4, -0.2) is 63.8 Å². The molecule has 174 valence electrons. The number of rotatable bonds is 8. The monoisotopic (exact) mass is 446 g/mol. The van der Waals surface area contributed by atoms with Gasteiger partial charge in [0.05, 0.1) is 56.8 Å². The molecule has 0 radical (unpaired) electrons. The summed E-state index contributed by atoms with van der Waals surface area (Å²) in [5.74, 6) is -0.390. The Morgan fingerprint density at radius 1 is 1.25 bits per heavy atom. The lowest BCUT2D eigenvalue weighted by molar-refractivity contribution is -0.145. The van der Waals surface area contributed by atoms with Crippen LogP contribution in [0.5, 0.6) is 0 Å². The first kappa shape index (κ1) is 22.8. The number of benzene rings is 1. The molecule has 3 heterocycles. The fraction of sp³-hybridized carbons (Fsp3) is 0.609. The predicted molar refractivity (Wildman–Crippen MR) is 114 cm³/mol. The molecule has 1 spiro atoms. The van der Waals surface area contributed by atoms with Gasteiger partial charge >= 0.3 is 0 Å². The van der Waals surface area contributed by atoms with Crippen LogP contribution in [0.4, 0.5) is 4.39 Å². The van der Waals surface area contributed by atoms with Crippen LogP contribution in [0.2, 0.25) is 0 Å². The lowest BCUT2D eigenvalue weighted by Crippen LogP contribution is -2.52. The largest absolute Gasteiger partial charge is 0.376 e. The van der Waals surface area contributed by atoms with E-state index in [9.17, 15) is 9.18 Å². The molecule has 1 fully saturated rings. The maximum atomic E-state index is 13.9. The molecule has 1 aromatic carbocycles. The maximum absolute atomic E-state index is 13.9. The summed E-state index contributed by atoms with van der Waals surface area (Å²) in [7, 11) is 0.